The Kier molecular flexibility index (Phi) is 6.06. The molecule has 0 aliphatic carbocycles. The molecule has 4 aromatic rings. The molecule has 9 heteroatoms. The van der Waals surface area contributed by atoms with Crippen LogP contribution in [0.15, 0.2) is 58.1 Å². The number of amides is 1. The van der Waals surface area contributed by atoms with E-state index in [-0.39, 0.29) is 17.2 Å². The van der Waals surface area contributed by atoms with E-state index in [2.05, 4.69) is 33.2 Å². The summed E-state index contributed by atoms with van der Waals surface area (Å²) in [7, 11) is 0. The summed E-state index contributed by atoms with van der Waals surface area (Å²) in [5.74, 6) is -0.0307. The fourth-order valence-corrected chi connectivity index (χ4v) is 5.58. The molecule has 3 heterocycles. The van der Waals surface area contributed by atoms with E-state index in [4.69, 9.17) is 4.74 Å². The summed E-state index contributed by atoms with van der Waals surface area (Å²) in [6.07, 6.45) is 1.61. The van der Waals surface area contributed by atoms with Gasteiger partial charge in [0.2, 0.25) is 0 Å². The van der Waals surface area contributed by atoms with Crippen LogP contribution in [0.1, 0.15) is 42.0 Å². The van der Waals surface area contributed by atoms with E-state index < -0.39 is 12.1 Å². The standard InChI is InChI=1S/C26H22BrN3O4S/c1-4-20-21(15-5-8-17(27)9-6-15)22-25(35-20)28-12-30(26(22)33)13(2)23(31)16-7-10-19-18(11-16)29-24(32)14(3)34-19/h5-14H,4H2,1-3H3,(H,29,32). The third kappa shape index (κ3) is 4.08. The first-order chi connectivity index (χ1) is 16.8. The van der Waals surface area contributed by atoms with Crippen LogP contribution in [-0.4, -0.2) is 27.3 Å². The summed E-state index contributed by atoms with van der Waals surface area (Å²) < 4.78 is 7.91. The van der Waals surface area contributed by atoms with Gasteiger partial charge in [0.25, 0.3) is 11.5 Å². The van der Waals surface area contributed by atoms with Crippen molar-refractivity contribution in [3.63, 3.8) is 0 Å². The number of carbonyl (C=O) groups is 2. The van der Waals surface area contributed by atoms with Gasteiger partial charge in [0, 0.05) is 20.5 Å². The molecule has 0 radical (unpaired) electrons. The van der Waals surface area contributed by atoms with Gasteiger partial charge in [-0.3, -0.25) is 19.0 Å². The van der Waals surface area contributed by atoms with Crippen LogP contribution < -0.4 is 15.6 Å². The number of hydrogen-bond donors (Lipinski definition) is 1. The fourth-order valence-electron chi connectivity index (χ4n) is 4.23. The number of halogens is 1. The van der Waals surface area contributed by atoms with E-state index in [0.717, 1.165) is 26.9 Å². The van der Waals surface area contributed by atoms with Gasteiger partial charge < -0.3 is 10.1 Å². The molecule has 0 bridgehead atoms. The summed E-state index contributed by atoms with van der Waals surface area (Å²) >= 11 is 4.97. The number of rotatable bonds is 5. The number of carbonyl (C=O) groups excluding carboxylic acids is 2. The maximum Gasteiger partial charge on any atom is 0.265 e. The molecular weight excluding hydrogens is 530 g/mol. The van der Waals surface area contributed by atoms with Crippen molar-refractivity contribution in [1.29, 1.82) is 0 Å². The number of thiophene rings is 1. The quantitative estimate of drug-likeness (QED) is 0.325. The largest absolute Gasteiger partial charge is 0.479 e. The van der Waals surface area contributed by atoms with Crippen LogP contribution in [0.2, 0.25) is 0 Å². The number of fused-ring (bicyclic) bond motifs is 2. The third-order valence-electron chi connectivity index (χ3n) is 6.16. The Morgan fingerprint density at radius 1 is 1.23 bits per heavy atom. The maximum absolute atomic E-state index is 13.7. The van der Waals surface area contributed by atoms with Crippen LogP contribution in [0, 0.1) is 0 Å². The summed E-state index contributed by atoms with van der Waals surface area (Å²) in [6, 6.07) is 11.9. The lowest BCUT2D eigenvalue weighted by atomic mass is 10.0. The highest BCUT2D eigenvalue weighted by Gasteiger charge is 2.27. The molecule has 0 spiro atoms. The van der Waals surface area contributed by atoms with Crippen LogP contribution in [0.3, 0.4) is 0 Å². The van der Waals surface area contributed by atoms with Crippen molar-refractivity contribution in [2.24, 2.45) is 0 Å². The van der Waals surface area contributed by atoms with Gasteiger partial charge in [-0.15, -0.1) is 11.3 Å². The minimum Gasteiger partial charge on any atom is -0.479 e. The van der Waals surface area contributed by atoms with Crippen molar-refractivity contribution in [2.45, 2.75) is 39.3 Å². The molecule has 2 atom stereocenters. The smallest absolute Gasteiger partial charge is 0.265 e. The molecule has 2 aromatic heterocycles. The Labute approximate surface area is 213 Å². The van der Waals surface area contributed by atoms with E-state index in [0.29, 0.717) is 27.2 Å². The third-order valence-corrected chi connectivity index (χ3v) is 7.93. The van der Waals surface area contributed by atoms with Gasteiger partial charge in [0.05, 0.1) is 23.4 Å². The molecule has 0 saturated heterocycles. The van der Waals surface area contributed by atoms with Crippen molar-refractivity contribution in [3.8, 4) is 16.9 Å². The SMILES string of the molecule is CCc1sc2ncn(C(C)C(=O)c3ccc4c(c3)NC(=O)C(C)O4)c(=O)c2c1-c1ccc(Br)cc1. The molecule has 178 valence electrons. The van der Waals surface area contributed by atoms with E-state index in [1.807, 2.05) is 24.3 Å². The molecular formula is C26H22BrN3O4S. The highest BCUT2D eigenvalue weighted by Crippen LogP contribution is 2.37. The highest BCUT2D eigenvalue weighted by molar-refractivity contribution is 9.10. The fraction of sp³-hybridized carbons (Fsp3) is 0.231. The lowest BCUT2D eigenvalue weighted by Gasteiger charge is -2.24. The van der Waals surface area contributed by atoms with E-state index in [1.165, 1.54) is 22.2 Å². The number of nitrogens with one attached hydrogen (secondary N) is 1. The zero-order chi connectivity index (χ0) is 24.9. The number of ether oxygens (including phenoxy) is 1. The Bertz CT molecular complexity index is 1540. The Hall–Kier alpha value is -3.30. The number of aryl methyl sites for hydroxylation is 1. The van der Waals surface area contributed by atoms with Gasteiger partial charge >= 0.3 is 0 Å². The number of Topliss-reactive ketones (excluding diaryl/α,β-unsaturated/α-hetero) is 1. The Balaban J connectivity index is 1.57. The molecule has 1 N–H and O–H groups in total. The average molecular weight is 552 g/mol. The van der Waals surface area contributed by atoms with Crippen molar-refractivity contribution in [3.05, 3.63) is 74.1 Å². The molecule has 35 heavy (non-hydrogen) atoms. The number of anilines is 1. The summed E-state index contributed by atoms with van der Waals surface area (Å²) in [5, 5.41) is 3.28. The number of ketones is 1. The normalized spacial score (nSPS) is 15.9. The summed E-state index contributed by atoms with van der Waals surface area (Å²) in [5.41, 5.74) is 2.36. The Morgan fingerprint density at radius 2 is 1.97 bits per heavy atom. The van der Waals surface area contributed by atoms with Crippen molar-refractivity contribution >= 4 is 54.9 Å². The molecule has 0 saturated carbocycles. The summed E-state index contributed by atoms with van der Waals surface area (Å²) in [4.78, 5) is 45.3. The van der Waals surface area contributed by atoms with Gasteiger partial charge in [-0.25, -0.2) is 4.98 Å². The van der Waals surface area contributed by atoms with Gasteiger partial charge in [-0.2, -0.15) is 0 Å². The topological polar surface area (TPSA) is 90.3 Å². The molecule has 2 aromatic carbocycles. The second-order valence-electron chi connectivity index (χ2n) is 8.40. The predicted octanol–water partition coefficient (Wildman–Crippen LogP) is 5.61. The number of benzene rings is 2. The van der Waals surface area contributed by atoms with Crippen molar-refractivity contribution in [1.82, 2.24) is 9.55 Å². The molecule has 7 nitrogen and oxygen atoms in total. The molecule has 5 rings (SSSR count). The van der Waals surface area contributed by atoms with Gasteiger partial charge in [0.1, 0.15) is 10.6 Å². The maximum atomic E-state index is 13.7. The minimum atomic E-state index is -0.792. The molecule has 0 fully saturated rings. The molecule has 1 aliphatic heterocycles. The first-order valence-corrected chi connectivity index (χ1v) is 12.8. The monoisotopic (exact) mass is 551 g/mol. The van der Waals surface area contributed by atoms with Crippen LogP contribution in [0.4, 0.5) is 5.69 Å². The van der Waals surface area contributed by atoms with Gasteiger partial charge in [0.15, 0.2) is 11.9 Å². The van der Waals surface area contributed by atoms with Gasteiger partial charge in [-0.1, -0.05) is 35.0 Å². The van der Waals surface area contributed by atoms with Crippen LogP contribution >= 0.6 is 27.3 Å². The molecule has 1 amide bonds. The molecule has 2 unspecified atom stereocenters. The lowest BCUT2D eigenvalue weighted by Crippen LogP contribution is -2.34. The number of aromatic nitrogens is 2. The molecule has 1 aliphatic rings. The Morgan fingerprint density at radius 3 is 2.69 bits per heavy atom. The average Bonchev–Trinajstić information content (AvgIpc) is 3.24. The second kappa shape index (κ2) is 9.05. The van der Waals surface area contributed by atoms with E-state index >= 15 is 0 Å². The predicted molar refractivity (Wildman–Crippen MR) is 141 cm³/mol. The zero-order valence-electron chi connectivity index (χ0n) is 19.3. The number of nitrogens with zero attached hydrogens (tertiary/aromatic N) is 2. The zero-order valence-corrected chi connectivity index (χ0v) is 21.7. The van der Waals surface area contributed by atoms with E-state index in [1.54, 1.807) is 32.0 Å². The first-order valence-electron chi connectivity index (χ1n) is 11.2. The lowest BCUT2D eigenvalue weighted by molar-refractivity contribution is -0.122. The first kappa shape index (κ1) is 23.4. The van der Waals surface area contributed by atoms with Crippen molar-refractivity contribution < 1.29 is 14.3 Å². The van der Waals surface area contributed by atoms with E-state index in [9.17, 15) is 14.4 Å². The summed E-state index contributed by atoms with van der Waals surface area (Å²) in [6.45, 7) is 5.39. The number of hydrogen-bond acceptors (Lipinski definition) is 6. The highest BCUT2D eigenvalue weighted by atomic mass is 79.9. The van der Waals surface area contributed by atoms with Crippen LogP contribution in [0.5, 0.6) is 5.75 Å². The van der Waals surface area contributed by atoms with Crippen LogP contribution in [0.25, 0.3) is 21.3 Å². The minimum absolute atomic E-state index is 0.256. The van der Waals surface area contributed by atoms with Crippen LogP contribution in [-0.2, 0) is 11.2 Å². The van der Waals surface area contributed by atoms with Crippen molar-refractivity contribution in [2.75, 3.05) is 5.32 Å². The van der Waals surface area contributed by atoms with Gasteiger partial charge in [-0.05, 0) is 56.2 Å². The second-order valence-corrected chi connectivity index (χ2v) is 10.4.